The van der Waals surface area contributed by atoms with Gasteiger partial charge in [-0.25, -0.2) is 0 Å². The lowest BCUT2D eigenvalue weighted by molar-refractivity contribution is 0.660. The molecule has 0 fully saturated rings. The third kappa shape index (κ3) is 5.93. The Morgan fingerprint density at radius 2 is 0.800 bits per heavy atom. The van der Waals surface area contributed by atoms with Crippen LogP contribution in [0.1, 0.15) is 25.0 Å². The molecule has 0 heterocycles. The molecule has 0 saturated heterocycles. The lowest BCUT2D eigenvalue weighted by atomic mass is 9.82. The van der Waals surface area contributed by atoms with Gasteiger partial charge in [0.2, 0.25) is 0 Å². The van der Waals surface area contributed by atoms with Gasteiger partial charge in [-0.05, 0) is 119 Å². The van der Waals surface area contributed by atoms with Crippen molar-refractivity contribution < 1.29 is 0 Å². The van der Waals surface area contributed by atoms with E-state index < -0.39 is 0 Å². The Morgan fingerprint density at radius 3 is 1.50 bits per heavy atom. The number of hydrogen-bond donors (Lipinski definition) is 0. The van der Waals surface area contributed by atoms with Crippen LogP contribution in [0.4, 0.5) is 17.1 Å². The number of fused-ring (bicyclic) bond motifs is 6. The van der Waals surface area contributed by atoms with Crippen molar-refractivity contribution in [1.82, 2.24) is 0 Å². The van der Waals surface area contributed by atoms with Gasteiger partial charge in [-0.3, -0.25) is 0 Å². The van der Waals surface area contributed by atoms with Crippen LogP contribution in [-0.4, -0.2) is 0 Å². The third-order valence-electron chi connectivity index (χ3n) is 12.7. The fourth-order valence-corrected chi connectivity index (χ4v) is 9.67. The van der Waals surface area contributed by atoms with E-state index in [9.17, 15) is 0 Å². The van der Waals surface area contributed by atoms with E-state index in [0.29, 0.717) is 0 Å². The molecule has 11 rings (SSSR count). The normalized spacial score (nSPS) is 12.6. The average Bonchev–Trinajstić information content (AvgIpc) is 3.56. The van der Waals surface area contributed by atoms with Crippen LogP contribution in [0.25, 0.3) is 77.2 Å². The van der Waals surface area contributed by atoms with E-state index in [0.717, 1.165) is 17.1 Å². The smallest absolute Gasteiger partial charge is 0.0540 e. The molecule has 10 aromatic rings. The zero-order chi connectivity index (χ0) is 40.2. The van der Waals surface area contributed by atoms with E-state index in [2.05, 4.69) is 243 Å². The van der Waals surface area contributed by atoms with Gasteiger partial charge in [-0.1, -0.05) is 202 Å². The predicted octanol–water partition coefficient (Wildman–Crippen LogP) is 16.4. The Kier molecular flexibility index (Phi) is 8.57. The molecule has 0 atom stereocenters. The second-order valence-corrected chi connectivity index (χ2v) is 16.5. The summed E-state index contributed by atoms with van der Waals surface area (Å²) in [6.45, 7) is 4.72. The van der Waals surface area contributed by atoms with Crippen molar-refractivity contribution in [2.75, 3.05) is 4.90 Å². The van der Waals surface area contributed by atoms with Crippen LogP contribution < -0.4 is 4.90 Å². The van der Waals surface area contributed by atoms with E-state index in [1.165, 1.54) is 88.3 Å². The number of nitrogens with zero attached hydrogens (tertiary/aromatic N) is 1. The van der Waals surface area contributed by atoms with E-state index in [1.807, 2.05) is 0 Å². The van der Waals surface area contributed by atoms with Gasteiger partial charge in [0.05, 0.1) is 5.69 Å². The lowest BCUT2D eigenvalue weighted by Gasteiger charge is -2.29. The minimum atomic E-state index is -0.0888. The van der Waals surface area contributed by atoms with Crippen LogP contribution in [0.5, 0.6) is 0 Å². The van der Waals surface area contributed by atoms with Gasteiger partial charge in [0.1, 0.15) is 0 Å². The van der Waals surface area contributed by atoms with Gasteiger partial charge in [0, 0.05) is 22.4 Å². The van der Waals surface area contributed by atoms with E-state index in [4.69, 9.17) is 0 Å². The number of anilines is 3. The zero-order valence-electron chi connectivity index (χ0n) is 33.8. The standard InChI is InChI=1S/C59H43N/c1-59(2)55-24-12-10-22-53(55)58-52(23-14-25-56(58)59)51-21-11-13-26-57(51)60(46-35-31-43(32-36-46)42-29-27-41(28-30-42)40-15-4-3-5-16-40)47-37-33-44(34-38-47)54-39-45-17-6-7-18-48(45)49-19-8-9-20-50(49)54/h3-39H,1-2H3. The first-order chi connectivity index (χ1) is 29.5. The molecule has 0 aromatic heterocycles. The van der Waals surface area contributed by atoms with Crippen LogP contribution in [0.2, 0.25) is 0 Å². The molecule has 1 aliphatic rings. The first-order valence-corrected chi connectivity index (χ1v) is 20.9. The maximum absolute atomic E-state index is 2.44. The van der Waals surface area contributed by atoms with Crippen LogP contribution in [0.15, 0.2) is 224 Å². The van der Waals surface area contributed by atoms with Crippen molar-refractivity contribution in [2.45, 2.75) is 19.3 Å². The van der Waals surface area contributed by atoms with E-state index >= 15 is 0 Å². The summed E-state index contributed by atoms with van der Waals surface area (Å²) in [6, 6.07) is 82.3. The summed E-state index contributed by atoms with van der Waals surface area (Å²) in [6.07, 6.45) is 0. The summed E-state index contributed by atoms with van der Waals surface area (Å²) < 4.78 is 0. The van der Waals surface area contributed by atoms with E-state index in [1.54, 1.807) is 0 Å². The highest BCUT2D eigenvalue weighted by Crippen LogP contribution is 2.54. The molecule has 0 N–H and O–H groups in total. The molecule has 0 radical (unpaired) electrons. The highest BCUT2D eigenvalue weighted by Gasteiger charge is 2.37. The Hall–Kier alpha value is -7.48. The van der Waals surface area contributed by atoms with Crippen LogP contribution in [-0.2, 0) is 5.41 Å². The fourth-order valence-electron chi connectivity index (χ4n) is 9.67. The molecule has 0 saturated carbocycles. The van der Waals surface area contributed by atoms with Crippen molar-refractivity contribution in [1.29, 1.82) is 0 Å². The van der Waals surface area contributed by atoms with Crippen LogP contribution >= 0.6 is 0 Å². The molecule has 1 aliphatic carbocycles. The Labute approximate surface area is 352 Å². The molecule has 1 heteroatoms. The minimum Gasteiger partial charge on any atom is -0.310 e. The summed E-state index contributed by atoms with van der Waals surface area (Å²) in [5, 5.41) is 5.07. The molecule has 0 bridgehead atoms. The van der Waals surface area contributed by atoms with Gasteiger partial charge in [-0.15, -0.1) is 0 Å². The molecule has 60 heavy (non-hydrogen) atoms. The SMILES string of the molecule is CC1(C)c2ccccc2-c2c(-c3ccccc3N(c3ccc(-c4ccc(-c5ccccc5)cc4)cc3)c3ccc(-c4cc5ccccc5c5ccccc45)cc3)cccc21. The summed E-state index contributed by atoms with van der Waals surface area (Å²) in [5.41, 5.74) is 18.4. The Morgan fingerprint density at radius 1 is 0.317 bits per heavy atom. The van der Waals surface area contributed by atoms with E-state index in [-0.39, 0.29) is 5.41 Å². The average molecular weight is 766 g/mol. The molecule has 0 aliphatic heterocycles. The number of hydrogen-bond acceptors (Lipinski definition) is 1. The van der Waals surface area contributed by atoms with Gasteiger partial charge in [0.25, 0.3) is 0 Å². The van der Waals surface area contributed by atoms with Crippen molar-refractivity contribution in [3.8, 4) is 55.6 Å². The fraction of sp³-hybridized carbons (Fsp3) is 0.0508. The highest BCUT2D eigenvalue weighted by molar-refractivity contribution is 6.13. The monoisotopic (exact) mass is 765 g/mol. The van der Waals surface area contributed by atoms with Crippen molar-refractivity contribution in [2.24, 2.45) is 0 Å². The second-order valence-electron chi connectivity index (χ2n) is 16.5. The number of benzene rings is 10. The summed E-state index contributed by atoms with van der Waals surface area (Å²) in [4.78, 5) is 2.44. The number of rotatable bonds is 7. The van der Waals surface area contributed by atoms with Crippen LogP contribution in [0, 0.1) is 0 Å². The van der Waals surface area contributed by atoms with Crippen LogP contribution in [0.3, 0.4) is 0 Å². The highest BCUT2D eigenvalue weighted by atomic mass is 15.1. The number of para-hydroxylation sites is 1. The second kappa shape index (κ2) is 14.4. The minimum absolute atomic E-state index is 0.0888. The quantitative estimate of drug-likeness (QED) is 0.146. The molecule has 0 spiro atoms. The Balaban J connectivity index is 1.05. The Bertz CT molecular complexity index is 3190. The third-order valence-corrected chi connectivity index (χ3v) is 12.7. The molecule has 1 nitrogen and oxygen atoms in total. The molecule has 0 unspecified atom stereocenters. The maximum Gasteiger partial charge on any atom is 0.0540 e. The van der Waals surface area contributed by atoms with Gasteiger partial charge < -0.3 is 4.90 Å². The van der Waals surface area contributed by atoms with Crippen molar-refractivity contribution in [3.63, 3.8) is 0 Å². The lowest BCUT2D eigenvalue weighted by Crippen LogP contribution is -2.14. The van der Waals surface area contributed by atoms with Gasteiger partial charge in [-0.2, -0.15) is 0 Å². The molecular formula is C59H43N. The summed E-state index contributed by atoms with van der Waals surface area (Å²) >= 11 is 0. The molecular weight excluding hydrogens is 723 g/mol. The van der Waals surface area contributed by atoms with Gasteiger partial charge >= 0.3 is 0 Å². The van der Waals surface area contributed by atoms with Gasteiger partial charge in [0.15, 0.2) is 0 Å². The molecule has 284 valence electrons. The first-order valence-electron chi connectivity index (χ1n) is 20.9. The maximum atomic E-state index is 2.44. The topological polar surface area (TPSA) is 3.24 Å². The molecule has 0 amide bonds. The zero-order valence-corrected chi connectivity index (χ0v) is 33.8. The summed E-state index contributed by atoms with van der Waals surface area (Å²) in [5.74, 6) is 0. The predicted molar refractivity (Wildman–Crippen MR) is 255 cm³/mol. The first kappa shape index (κ1) is 35.7. The molecule has 10 aromatic carbocycles. The van der Waals surface area contributed by atoms with Crippen molar-refractivity contribution in [3.05, 3.63) is 236 Å². The largest absolute Gasteiger partial charge is 0.310 e. The van der Waals surface area contributed by atoms with Crippen molar-refractivity contribution >= 4 is 38.6 Å². The summed E-state index contributed by atoms with van der Waals surface area (Å²) in [7, 11) is 0.